The monoisotopic (exact) mass is 546 g/mol. The summed E-state index contributed by atoms with van der Waals surface area (Å²) in [5.41, 5.74) is 8.92. The Morgan fingerprint density at radius 2 is 1.53 bits per heavy atom. The van der Waals surface area contributed by atoms with Crippen LogP contribution in [0.4, 0.5) is 30.7 Å². The van der Waals surface area contributed by atoms with Crippen LogP contribution in [0.3, 0.4) is 0 Å². The topological polar surface area (TPSA) is 59.9 Å². The normalized spacial score (nSPS) is 14.6. The Morgan fingerprint density at radius 3 is 2.08 bits per heavy atom. The summed E-state index contributed by atoms with van der Waals surface area (Å²) in [7, 11) is 0. The molecule has 0 radical (unpaired) electrons. The second-order valence-electron chi connectivity index (χ2n) is 9.09. The van der Waals surface area contributed by atoms with Gasteiger partial charge in [0.15, 0.2) is 0 Å². The zero-order valence-electron chi connectivity index (χ0n) is 21.2. The molecule has 2 atom stereocenters. The summed E-state index contributed by atoms with van der Waals surface area (Å²) >= 11 is 0. The molecule has 0 amide bonds. The summed E-state index contributed by atoms with van der Waals surface area (Å²) in [6.45, 7) is 4.52. The predicted octanol–water partition coefficient (Wildman–Crippen LogP) is 6.87. The van der Waals surface area contributed by atoms with Crippen molar-refractivity contribution in [3.05, 3.63) is 82.9 Å². The van der Waals surface area contributed by atoms with E-state index in [1.54, 1.807) is 31.2 Å². The predicted molar refractivity (Wildman–Crippen MR) is 135 cm³/mol. The van der Waals surface area contributed by atoms with Crippen molar-refractivity contribution in [2.45, 2.75) is 69.8 Å². The molecule has 2 rings (SSSR count). The zero-order valence-corrected chi connectivity index (χ0v) is 21.2. The summed E-state index contributed by atoms with van der Waals surface area (Å²) in [5.74, 6) is -11.4. The van der Waals surface area contributed by atoms with Gasteiger partial charge in [-0.3, -0.25) is 5.43 Å². The molecule has 0 fully saturated rings. The molecular weight excluding hydrogens is 513 g/mol. The van der Waals surface area contributed by atoms with Crippen LogP contribution < -0.4 is 16.2 Å². The fraction of sp³-hybridized carbons (Fsp3) is 0.444. The van der Waals surface area contributed by atoms with Crippen molar-refractivity contribution in [2.75, 3.05) is 6.54 Å². The van der Waals surface area contributed by atoms with E-state index >= 15 is 0 Å². The van der Waals surface area contributed by atoms with Gasteiger partial charge in [-0.15, -0.1) is 0 Å². The lowest BCUT2D eigenvalue weighted by molar-refractivity contribution is -0.356. The van der Waals surface area contributed by atoms with E-state index < -0.39 is 36.5 Å². The number of halogens is 7. The molecule has 2 aromatic carbocycles. The highest BCUT2D eigenvalue weighted by Crippen LogP contribution is 2.48. The summed E-state index contributed by atoms with van der Waals surface area (Å²) < 4.78 is 92.8. The van der Waals surface area contributed by atoms with Crippen molar-refractivity contribution in [3.8, 4) is 0 Å². The lowest BCUT2D eigenvalue weighted by Crippen LogP contribution is -2.55. The summed E-state index contributed by atoms with van der Waals surface area (Å²) in [4.78, 5) is 0. The zero-order chi connectivity index (χ0) is 28.4. The van der Waals surface area contributed by atoms with E-state index in [1.807, 2.05) is 43.3 Å². The number of alkyl halides is 7. The molecule has 0 aromatic heterocycles. The van der Waals surface area contributed by atoms with Crippen LogP contribution in [0.2, 0.25) is 0 Å². The molecule has 4 N–H and O–H groups in total. The van der Waals surface area contributed by atoms with Crippen LogP contribution in [0.1, 0.15) is 54.5 Å². The number of hydrogen-bond acceptors (Lipinski definition) is 4. The van der Waals surface area contributed by atoms with Gasteiger partial charge in [-0.1, -0.05) is 79.6 Å². The van der Waals surface area contributed by atoms with Gasteiger partial charge < -0.3 is 10.7 Å². The van der Waals surface area contributed by atoms with Gasteiger partial charge in [-0.2, -0.15) is 30.7 Å². The summed E-state index contributed by atoms with van der Waals surface area (Å²) in [6.07, 6.45) is -3.01. The number of benzene rings is 2. The minimum Gasteiger partial charge on any atom is -0.309 e. The Morgan fingerprint density at radius 1 is 0.895 bits per heavy atom. The second-order valence-corrected chi connectivity index (χ2v) is 9.09. The van der Waals surface area contributed by atoms with Gasteiger partial charge in [0.1, 0.15) is 0 Å². The van der Waals surface area contributed by atoms with Crippen LogP contribution in [-0.4, -0.2) is 36.8 Å². The average Bonchev–Trinajstić information content (AvgIpc) is 2.85. The van der Waals surface area contributed by atoms with E-state index in [1.165, 1.54) is 6.21 Å². The number of hydrazine groups is 1. The lowest BCUT2D eigenvalue weighted by atomic mass is 9.99. The van der Waals surface area contributed by atoms with Gasteiger partial charge in [-0.25, -0.2) is 5.43 Å². The summed E-state index contributed by atoms with van der Waals surface area (Å²) in [6, 6.07) is 12.8. The van der Waals surface area contributed by atoms with Crippen LogP contribution in [0.25, 0.3) is 0 Å². The first-order chi connectivity index (χ1) is 17.8. The number of nitrogens with one attached hydrogen (secondary N) is 4. The van der Waals surface area contributed by atoms with Gasteiger partial charge in [0.2, 0.25) is 0 Å². The highest BCUT2D eigenvalue weighted by molar-refractivity contribution is 5.76. The first-order valence-electron chi connectivity index (χ1n) is 12.2. The maximum Gasteiger partial charge on any atom is 0.459 e. The Labute approximate surface area is 218 Å². The Bertz CT molecular complexity index is 1020. The van der Waals surface area contributed by atoms with Crippen molar-refractivity contribution in [3.63, 3.8) is 0 Å². The molecule has 0 aliphatic heterocycles. The van der Waals surface area contributed by atoms with Crippen molar-refractivity contribution in [1.82, 2.24) is 16.2 Å². The van der Waals surface area contributed by atoms with Gasteiger partial charge in [0.25, 0.3) is 0 Å². The van der Waals surface area contributed by atoms with Crippen molar-refractivity contribution >= 4 is 6.21 Å². The van der Waals surface area contributed by atoms with E-state index in [2.05, 4.69) is 16.2 Å². The third kappa shape index (κ3) is 8.92. The molecular formula is C27H33F7N4. The van der Waals surface area contributed by atoms with Crippen LogP contribution in [-0.2, 0) is 6.54 Å². The maximum absolute atomic E-state index is 14.1. The molecule has 4 nitrogen and oxygen atoms in total. The third-order valence-electron chi connectivity index (χ3n) is 5.90. The lowest BCUT2D eigenvalue weighted by Gasteiger charge is -2.32. The van der Waals surface area contributed by atoms with Crippen LogP contribution in [0.15, 0.2) is 60.7 Å². The highest BCUT2D eigenvalue weighted by Gasteiger charge is 2.72. The summed E-state index contributed by atoms with van der Waals surface area (Å²) in [5, 5.41) is 10.5. The number of hydrogen-bond donors (Lipinski definition) is 4. The Hall–Kier alpha value is -2.76. The van der Waals surface area contributed by atoms with Crippen molar-refractivity contribution in [2.24, 2.45) is 0 Å². The second kappa shape index (κ2) is 13.9. The first kappa shape index (κ1) is 31.5. The molecule has 38 heavy (non-hydrogen) atoms. The molecule has 0 aliphatic rings. The van der Waals surface area contributed by atoms with E-state index in [0.717, 1.165) is 22.3 Å². The quantitative estimate of drug-likeness (QED) is 0.0649. The van der Waals surface area contributed by atoms with Gasteiger partial charge in [0.05, 0.1) is 6.04 Å². The molecule has 0 saturated carbocycles. The average molecular weight is 547 g/mol. The highest BCUT2D eigenvalue weighted by atomic mass is 19.4. The fourth-order valence-corrected chi connectivity index (χ4v) is 3.68. The minimum atomic E-state index is -6.36. The number of rotatable bonds is 15. The molecule has 0 aliphatic carbocycles. The van der Waals surface area contributed by atoms with Gasteiger partial charge in [0, 0.05) is 31.8 Å². The Kier molecular flexibility index (Phi) is 11.5. The molecule has 2 aromatic rings. The standard InChI is InChI=1S/C27H33F7N4/c1-3-5-23(16-25(28,29)26(30,31)27(32,33)34)37-38-24(22-13-7-19(2)8-14-22)6-4-15-36-18-21-11-9-20(17-35)10-12-21/h4,6-14,17,23-24,35-38H,3,5,15-16,18H2,1-2H3/b6-4+,35-17?. The number of aryl methyl sites for hydroxylation is 1. The van der Waals surface area contributed by atoms with E-state index in [0.29, 0.717) is 19.5 Å². The minimum absolute atomic E-state index is 0.0425. The Balaban J connectivity index is 2.07. The van der Waals surface area contributed by atoms with E-state index in [9.17, 15) is 30.7 Å². The molecule has 0 saturated heterocycles. The maximum atomic E-state index is 14.1. The van der Waals surface area contributed by atoms with Crippen LogP contribution in [0.5, 0.6) is 0 Å². The van der Waals surface area contributed by atoms with E-state index in [4.69, 9.17) is 5.41 Å². The largest absolute Gasteiger partial charge is 0.459 e. The molecule has 2 unspecified atom stereocenters. The molecule has 0 spiro atoms. The smallest absolute Gasteiger partial charge is 0.309 e. The van der Waals surface area contributed by atoms with Crippen molar-refractivity contribution in [1.29, 1.82) is 5.41 Å². The molecule has 0 bridgehead atoms. The molecule has 210 valence electrons. The molecule has 11 heteroatoms. The van der Waals surface area contributed by atoms with Gasteiger partial charge >= 0.3 is 18.0 Å². The van der Waals surface area contributed by atoms with E-state index in [-0.39, 0.29) is 6.42 Å². The third-order valence-corrected chi connectivity index (χ3v) is 5.90. The fourth-order valence-electron chi connectivity index (χ4n) is 3.68. The van der Waals surface area contributed by atoms with Gasteiger partial charge in [-0.05, 0) is 30.0 Å². The van der Waals surface area contributed by atoms with Crippen molar-refractivity contribution < 1.29 is 30.7 Å². The SMILES string of the molecule is CCCC(CC(F)(F)C(F)(F)C(F)(F)F)NNC(/C=C/CNCc1ccc(C=N)cc1)c1ccc(C)cc1. The van der Waals surface area contributed by atoms with Crippen LogP contribution in [0, 0.1) is 12.3 Å². The van der Waals surface area contributed by atoms with Crippen LogP contribution >= 0.6 is 0 Å². The molecule has 0 heterocycles. The first-order valence-corrected chi connectivity index (χ1v) is 12.2.